The van der Waals surface area contributed by atoms with Crippen molar-refractivity contribution < 1.29 is 19.8 Å². The third-order valence-corrected chi connectivity index (χ3v) is 4.38. The monoisotopic (exact) mass is 355 g/mol. The zero-order chi connectivity index (χ0) is 16.4. The van der Waals surface area contributed by atoms with Gasteiger partial charge in [-0.3, -0.25) is 9.59 Å². The van der Waals surface area contributed by atoms with Gasteiger partial charge in [0, 0.05) is 38.3 Å². The summed E-state index contributed by atoms with van der Waals surface area (Å²) < 4.78 is 0. The predicted octanol–water partition coefficient (Wildman–Crippen LogP) is -0.179. The highest BCUT2D eigenvalue weighted by atomic mass is 35.5. The Labute approximate surface area is 146 Å². The summed E-state index contributed by atoms with van der Waals surface area (Å²) in [6, 6.07) is 5.96. The number of hydrogen-bond donors (Lipinski definition) is 3. The van der Waals surface area contributed by atoms with Crippen LogP contribution in [0.5, 0.6) is 5.75 Å². The lowest BCUT2D eigenvalue weighted by Crippen LogP contribution is -2.54. The SMILES string of the molecule is Cl.O=C(c1cccc(O)c1)N1CCN(C(=O)[C@H]2C[C@H](O)CN2)CC1. The van der Waals surface area contributed by atoms with Crippen LogP contribution in [0.15, 0.2) is 24.3 Å². The third-order valence-electron chi connectivity index (χ3n) is 4.38. The van der Waals surface area contributed by atoms with E-state index in [-0.39, 0.29) is 36.0 Å². The van der Waals surface area contributed by atoms with E-state index in [2.05, 4.69) is 5.32 Å². The standard InChI is InChI=1S/C16H21N3O4.ClH/c20-12-3-1-2-11(8-12)15(22)18-4-6-19(7-5-18)16(23)14-9-13(21)10-17-14;/h1-3,8,13-14,17,20-21H,4-7,9-10H2;1H/t13-,14+;/m0./s1. The number of aromatic hydroxyl groups is 1. The number of aliphatic hydroxyl groups excluding tert-OH is 1. The minimum atomic E-state index is -0.461. The molecule has 0 bridgehead atoms. The number of piperazine rings is 1. The first kappa shape index (κ1) is 18.5. The Morgan fingerprint density at radius 2 is 1.79 bits per heavy atom. The van der Waals surface area contributed by atoms with E-state index in [1.165, 1.54) is 12.1 Å². The van der Waals surface area contributed by atoms with E-state index in [0.717, 1.165) is 0 Å². The second-order valence-corrected chi connectivity index (χ2v) is 6.02. The molecule has 1 aromatic rings. The predicted molar refractivity (Wildman–Crippen MR) is 90.3 cm³/mol. The Morgan fingerprint density at radius 3 is 2.38 bits per heavy atom. The molecule has 2 aliphatic heterocycles. The van der Waals surface area contributed by atoms with E-state index in [1.54, 1.807) is 21.9 Å². The van der Waals surface area contributed by atoms with Gasteiger partial charge in [-0.2, -0.15) is 0 Å². The molecule has 3 rings (SSSR count). The highest BCUT2D eigenvalue weighted by Crippen LogP contribution is 2.16. The highest BCUT2D eigenvalue weighted by Gasteiger charge is 2.33. The Morgan fingerprint density at radius 1 is 1.12 bits per heavy atom. The Kier molecular flexibility index (Phi) is 6.04. The van der Waals surface area contributed by atoms with Gasteiger partial charge in [-0.1, -0.05) is 6.07 Å². The molecule has 8 heteroatoms. The van der Waals surface area contributed by atoms with Gasteiger partial charge in [0.15, 0.2) is 0 Å². The van der Waals surface area contributed by atoms with Crippen LogP contribution in [0.25, 0.3) is 0 Å². The number of carbonyl (C=O) groups excluding carboxylic acids is 2. The number of rotatable bonds is 2. The summed E-state index contributed by atoms with van der Waals surface area (Å²) in [6.07, 6.45) is -0.0149. The average Bonchev–Trinajstić information content (AvgIpc) is 3.00. The molecule has 2 fully saturated rings. The number of phenols is 1. The number of aliphatic hydroxyl groups is 1. The lowest BCUT2D eigenvalue weighted by atomic mass is 10.1. The molecule has 7 nitrogen and oxygen atoms in total. The van der Waals surface area contributed by atoms with Crippen molar-refractivity contribution in [2.45, 2.75) is 18.6 Å². The van der Waals surface area contributed by atoms with Crippen LogP contribution >= 0.6 is 12.4 Å². The molecule has 132 valence electrons. The number of amides is 2. The molecular weight excluding hydrogens is 334 g/mol. The van der Waals surface area contributed by atoms with Crippen LogP contribution in [-0.4, -0.2) is 76.7 Å². The molecule has 2 atom stereocenters. The molecule has 2 amide bonds. The zero-order valence-electron chi connectivity index (χ0n) is 13.2. The van der Waals surface area contributed by atoms with Crippen LogP contribution in [0, 0.1) is 0 Å². The largest absolute Gasteiger partial charge is 0.508 e. The van der Waals surface area contributed by atoms with Gasteiger partial charge in [-0.25, -0.2) is 0 Å². The summed E-state index contributed by atoms with van der Waals surface area (Å²) >= 11 is 0. The summed E-state index contributed by atoms with van der Waals surface area (Å²) in [4.78, 5) is 28.2. The van der Waals surface area contributed by atoms with Crippen LogP contribution in [0.2, 0.25) is 0 Å². The minimum absolute atomic E-state index is 0. The van der Waals surface area contributed by atoms with Gasteiger partial charge >= 0.3 is 0 Å². The molecule has 24 heavy (non-hydrogen) atoms. The quantitative estimate of drug-likeness (QED) is 0.684. The van der Waals surface area contributed by atoms with Crippen LogP contribution in [0.4, 0.5) is 0 Å². The smallest absolute Gasteiger partial charge is 0.254 e. The van der Waals surface area contributed by atoms with Crippen molar-refractivity contribution in [2.24, 2.45) is 0 Å². The van der Waals surface area contributed by atoms with Crippen LogP contribution < -0.4 is 5.32 Å². The lowest BCUT2D eigenvalue weighted by molar-refractivity contribution is -0.134. The Hall–Kier alpha value is -1.83. The van der Waals surface area contributed by atoms with Gasteiger partial charge in [-0.15, -0.1) is 12.4 Å². The number of nitrogens with one attached hydrogen (secondary N) is 1. The maximum absolute atomic E-state index is 12.4. The van der Waals surface area contributed by atoms with Crippen LogP contribution in [0.1, 0.15) is 16.8 Å². The normalized spacial score (nSPS) is 23.7. The van der Waals surface area contributed by atoms with Gasteiger partial charge in [0.2, 0.25) is 5.91 Å². The van der Waals surface area contributed by atoms with Crippen LogP contribution in [0.3, 0.4) is 0 Å². The second-order valence-electron chi connectivity index (χ2n) is 6.02. The van der Waals surface area contributed by atoms with Gasteiger partial charge in [0.05, 0.1) is 12.1 Å². The topological polar surface area (TPSA) is 93.1 Å². The van der Waals surface area contributed by atoms with Gasteiger partial charge in [-0.05, 0) is 24.6 Å². The fourth-order valence-corrected chi connectivity index (χ4v) is 3.08. The second kappa shape index (κ2) is 7.83. The van der Waals surface area contributed by atoms with E-state index >= 15 is 0 Å². The Bertz CT molecular complexity index is 605. The van der Waals surface area contributed by atoms with Crippen molar-refractivity contribution in [3.63, 3.8) is 0 Å². The highest BCUT2D eigenvalue weighted by molar-refractivity contribution is 5.94. The lowest BCUT2D eigenvalue weighted by Gasteiger charge is -2.36. The van der Waals surface area contributed by atoms with Gasteiger partial charge < -0.3 is 25.3 Å². The number of hydrogen-bond acceptors (Lipinski definition) is 5. The summed E-state index contributed by atoms with van der Waals surface area (Å²) in [7, 11) is 0. The number of benzene rings is 1. The zero-order valence-corrected chi connectivity index (χ0v) is 14.0. The first-order chi connectivity index (χ1) is 11.0. The number of β-amino-alcohol motifs (C(OH)–C–C–N with tert-alkyl or cyclic N) is 1. The van der Waals surface area contributed by atoms with Crippen molar-refractivity contribution in [2.75, 3.05) is 32.7 Å². The maximum Gasteiger partial charge on any atom is 0.254 e. The summed E-state index contributed by atoms with van der Waals surface area (Å²) in [5.41, 5.74) is 0.449. The van der Waals surface area contributed by atoms with E-state index in [0.29, 0.717) is 44.7 Å². The molecule has 0 radical (unpaired) electrons. The average molecular weight is 356 g/mol. The molecule has 0 aromatic heterocycles. The van der Waals surface area contributed by atoms with E-state index in [4.69, 9.17) is 0 Å². The number of carbonyl (C=O) groups is 2. The molecule has 3 N–H and O–H groups in total. The number of phenolic OH excluding ortho intramolecular Hbond substituents is 1. The van der Waals surface area contributed by atoms with Crippen molar-refractivity contribution in [1.29, 1.82) is 0 Å². The number of halogens is 1. The molecule has 2 saturated heterocycles. The summed E-state index contributed by atoms with van der Waals surface area (Å²) in [5.74, 6) is -0.0797. The molecule has 2 heterocycles. The van der Waals surface area contributed by atoms with Crippen molar-refractivity contribution >= 4 is 24.2 Å². The first-order valence-electron chi connectivity index (χ1n) is 7.83. The molecule has 0 saturated carbocycles. The molecular formula is C16H22ClN3O4. The van der Waals surface area contributed by atoms with Crippen LogP contribution in [-0.2, 0) is 4.79 Å². The fourth-order valence-electron chi connectivity index (χ4n) is 3.08. The number of nitrogens with zero attached hydrogens (tertiary/aromatic N) is 2. The molecule has 2 aliphatic rings. The molecule has 1 aromatic carbocycles. The van der Waals surface area contributed by atoms with E-state index in [9.17, 15) is 19.8 Å². The van der Waals surface area contributed by atoms with Gasteiger partial charge in [0.25, 0.3) is 5.91 Å². The maximum atomic E-state index is 12.4. The molecule has 0 unspecified atom stereocenters. The molecule has 0 aliphatic carbocycles. The fraction of sp³-hybridized carbons (Fsp3) is 0.500. The van der Waals surface area contributed by atoms with E-state index in [1.807, 2.05) is 0 Å². The van der Waals surface area contributed by atoms with Gasteiger partial charge in [0.1, 0.15) is 5.75 Å². The molecule has 0 spiro atoms. The van der Waals surface area contributed by atoms with Crippen molar-refractivity contribution in [3.05, 3.63) is 29.8 Å². The Balaban J connectivity index is 0.00000208. The van der Waals surface area contributed by atoms with Crippen molar-refractivity contribution in [1.82, 2.24) is 15.1 Å². The third kappa shape index (κ3) is 3.98. The van der Waals surface area contributed by atoms with Crippen molar-refractivity contribution in [3.8, 4) is 5.75 Å². The summed E-state index contributed by atoms with van der Waals surface area (Å²) in [6.45, 7) is 2.35. The minimum Gasteiger partial charge on any atom is -0.508 e. The first-order valence-corrected chi connectivity index (χ1v) is 7.83. The van der Waals surface area contributed by atoms with E-state index < -0.39 is 6.10 Å². The summed E-state index contributed by atoms with van der Waals surface area (Å²) in [5, 5.41) is 22.0.